The Morgan fingerprint density at radius 2 is 2.35 bits per heavy atom. The van der Waals surface area contributed by atoms with Gasteiger partial charge in [0, 0.05) is 6.54 Å². The maximum atomic E-state index is 11.9. The van der Waals surface area contributed by atoms with Crippen LogP contribution in [-0.4, -0.2) is 15.6 Å². The van der Waals surface area contributed by atoms with Gasteiger partial charge in [0.1, 0.15) is 6.26 Å². The van der Waals surface area contributed by atoms with Crippen LogP contribution in [0.5, 0.6) is 0 Å². The molecular formula is C12H13ClN2O2. The molecule has 90 valence electrons. The van der Waals surface area contributed by atoms with Crippen LogP contribution in [0.4, 0.5) is 0 Å². The van der Waals surface area contributed by atoms with Gasteiger partial charge >= 0.3 is 0 Å². The Balaban J connectivity index is 2.27. The molecule has 2 heterocycles. The van der Waals surface area contributed by atoms with Gasteiger partial charge in [0.15, 0.2) is 5.78 Å². The highest BCUT2D eigenvalue weighted by Crippen LogP contribution is 2.22. The van der Waals surface area contributed by atoms with Gasteiger partial charge in [-0.25, -0.2) is 0 Å². The molecule has 0 fully saturated rings. The number of carbonyl (C=O) groups excluding carboxylic acids is 1. The van der Waals surface area contributed by atoms with Crippen molar-refractivity contribution in [2.75, 3.05) is 0 Å². The van der Waals surface area contributed by atoms with E-state index in [-0.39, 0.29) is 12.2 Å². The Labute approximate surface area is 104 Å². The van der Waals surface area contributed by atoms with Gasteiger partial charge < -0.3 is 4.42 Å². The van der Waals surface area contributed by atoms with E-state index in [1.54, 1.807) is 10.7 Å². The maximum Gasteiger partial charge on any atom is 0.172 e. The minimum atomic E-state index is -0.0183. The van der Waals surface area contributed by atoms with Crippen LogP contribution in [0.15, 0.2) is 23.0 Å². The quantitative estimate of drug-likeness (QED) is 0.786. The molecule has 0 aliphatic carbocycles. The molecule has 2 aromatic rings. The van der Waals surface area contributed by atoms with E-state index in [1.165, 1.54) is 12.5 Å². The van der Waals surface area contributed by atoms with Crippen LogP contribution in [0.2, 0.25) is 5.02 Å². The number of ketones is 1. The largest absolute Gasteiger partial charge is 0.472 e. The molecule has 0 unspecified atom stereocenters. The summed E-state index contributed by atoms with van der Waals surface area (Å²) in [5.74, 6) is -0.0183. The third-order valence-corrected chi connectivity index (χ3v) is 3.12. The number of carbonyl (C=O) groups is 1. The third-order valence-electron chi connectivity index (χ3n) is 2.62. The van der Waals surface area contributed by atoms with Gasteiger partial charge in [-0.3, -0.25) is 9.48 Å². The van der Waals surface area contributed by atoms with E-state index in [0.717, 1.165) is 11.4 Å². The van der Waals surface area contributed by atoms with Crippen LogP contribution < -0.4 is 0 Å². The summed E-state index contributed by atoms with van der Waals surface area (Å²) in [6, 6.07) is 1.65. The fourth-order valence-corrected chi connectivity index (χ4v) is 1.92. The van der Waals surface area contributed by atoms with E-state index in [9.17, 15) is 4.79 Å². The SMILES string of the molecule is CCn1nc(C)c(Cl)c1CC(=O)c1ccoc1. The van der Waals surface area contributed by atoms with Gasteiger partial charge in [0.05, 0.1) is 34.7 Å². The van der Waals surface area contributed by atoms with Crippen molar-refractivity contribution in [2.24, 2.45) is 0 Å². The molecule has 0 bridgehead atoms. The molecule has 4 nitrogen and oxygen atoms in total. The smallest absolute Gasteiger partial charge is 0.172 e. The third kappa shape index (κ3) is 2.26. The molecular weight excluding hydrogens is 240 g/mol. The summed E-state index contributed by atoms with van der Waals surface area (Å²) in [7, 11) is 0. The molecule has 17 heavy (non-hydrogen) atoms. The number of aromatic nitrogens is 2. The van der Waals surface area contributed by atoms with Crippen molar-refractivity contribution in [1.82, 2.24) is 9.78 Å². The van der Waals surface area contributed by atoms with Gasteiger partial charge in [-0.2, -0.15) is 5.10 Å². The summed E-state index contributed by atoms with van der Waals surface area (Å²) in [5, 5.41) is 4.84. The lowest BCUT2D eigenvalue weighted by atomic mass is 10.1. The van der Waals surface area contributed by atoms with E-state index >= 15 is 0 Å². The molecule has 0 atom stereocenters. The van der Waals surface area contributed by atoms with Crippen molar-refractivity contribution >= 4 is 17.4 Å². The second-order valence-electron chi connectivity index (χ2n) is 3.77. The van der Waals surface area contributed by atoms with Crippen LogP contribution in [0.1, 0.15) is 28.7 Å². The average Bonchev–Trinajstić information content (AvgIpc) is 2.92. The highest BCUT2D eigenvalue weighted by molar-refractivity contribution is 6.32. The number of rotatable bonds is 4. The fourth-order valence-electron chi connectivity index (χ4n) is 1.72. The monoisotopic (exact) mass is 252 g/mol. The first-order valence-corrected chi connectivity index (χ1v) is 5.78. The summed E-state index contributed by atoms with van der Waals surface area (Å²) in [6.45, 7) is 4.50. The zero-order valence-electron chi connectivity index (χ0n) is 9.74. The minimum Gasteiger partial charge on any atom is -0.472 e. The van der Waals surface area contributed by atoms with Crippen LogP contribution >= 0.6 is 11.6 Å². The van der Waals surface area contributed by atoms with Crippen molar-refractivity contribution in [1.29, 1.82) is 0 Å². The Hall–Kier alpha value is -1.55. The summed E-state index contributed by atoms with van der Waals surface area (Å²) < 4.78 is 6.65. The first-order chi connectivity index (χ1) is 8.13. The Morgan fingerprint density at radius 1 is 1.59 bits per heavy atom. The van der Waals surface area contributed by atoms with Crippen molar-refractivity contribution in [3.05, 3.63) is 40.6 Å². The van der Waals surface area contributed by atoms with E-state index < -0.39 is 0 Å². The number of hydrogen-bond acceptors (Lipinski definition) is 3. The van der Waals surface area contributed by atoms with Crippen molar-refractivity contribution in [3.63, 3.8) is 0 Å². The van der Waals surface area contributed by atoms with Crippen LogP contribution in [0.3, 0.4) is 0 Å². The average molecular weight is 253 g/mol. The number of hydrogen-bond donors (Lipinski definition) is 0. The van der Waals surface area contributed by atoms with Gasteiger partial charge in [-0.1, -0.05) is 11.6 Å². The van der Waals surface area contributed by atoms with E-state index in [2.05, 4.69) is 5.10 Å². The van der Waals surface area contributed by atoms with Gasteiger partial charge in [0.25, 0.3) is 0 Å². The molecule has 2 rings (SSSR count). The zero-order chi connectivity index (χ0) is 12.4. The van der Waals surface area contributed by atoms with Gasteiger partial charge in [-0.05, 0) is 19.9 Å². The second-order valence-corrected chi connectivity index (χ2v) is 4.15. The minimum absolute atomic E-state index is 0.0183. The van der Waals surface area contributed by atoms with E-state index in [1.807, 2.05) is 13.8 Å². The highest BCUT2D eigenvalue weighted by Gasteiger charge is 2.17. The Bertz CT molecular complexity index is 529. The van der Waals surface area contributed by atoms with Crippen LogP contribution in [0.25, 0.3) is 0 Å². The normalized spacial score (nSPS) is 10.8. The standard InChI is InChI=1S/C12H13ClN2O2/c1-3-15-10(12(13)8(2)14-15)6-11(16)9-4-5-17-7-9/h4-5,7H,3,6H2,1-2H3. The summed E-state index contributed by atoms with van der Waals surface area (Å²) in [6.07, 6.45) is 3.17. The van der Waals surface area contributed by atoms with E-state index in [0.29, 0.717) is 17.1 Å². The lowest BCUT2D eigenvalue weighted by Crippen LogP contribution is -2.09. The number of aryl methyl sites for hydroxylation is 2. The molecule has 0 aliphatic rings. The van der Waals surface area contributed by atoms with Crippen molar-refractivity contribution in [2.45, 2.75) is 26.8 Å². The van der Waals surface area contributed by atoms with Gasteiger partial charge in [0.2, 0.25) is 0 Å². The first kappa shape index (κ1) is 11.9. The predicted molar refractivity (Wildman–Crippen MR) is 64.4 cm³/mol. The topological polar surface area (TPSA) is 48.0 Å². The lowest BCUT2D eigenvalue weighted by Gasteiger charge is -2.03. The number of Topliss-reactive ketones (excluding diaryl/α,β-unsaturated/α-hetero) is 1. The summed E-state index contributed by atoms with van der Waals surface area (Å²) in [5.41, 5.74) is 2.07. The lowest BCUT2D eigenvalue weighted by molar-refractivity contribution is 0.0990. The Morgan fingerprint density at radius 3 is 2.94 bits per heavy atom. The molecule has 0 saturated carbocycles. The Kier molecular flexibility index (Phi) is 3.33. The van der Waals surface area contributed by atoms with Crippen molar-refractivity contribution in [3.8, 4) is 0 Å². The zero-order valence-corrected chi connectivity index (χ0v) is 10.5. The molecule has 0 radical (unpaired) electrons. The highest BCUT2D eigenvalue weighted by atomic mass is 35.5. The molecule has 0 saturated heterocycles. The number of nitrogens with zero attached hydrogens (tertiary/aromatic N) is 2. The molecule has 0 spiro atoms. The van der Waals surface area contributed by atoms with E-state index in [4.69, 9.17) is 16.0 Å². The molecule has 0 aliphatic heterocycles. The van der Waals surface area contributed by atoms with Crippen LogP contribution in [0, 0.1) is 6.92 Å². The maximum absolute atomic E-state index is 11.9. The molecule has 2 aromatic heterocycles. The molecule has 0 amide bonds. The fraction of sp³-hybridized carbons (Fsp3) is 0.333. The summed E-state index contributed by atoms with van der Waals surface area (Å²) in [4.78, 5) is 11.9. The molecule has 0 aromatic carbocycles. The van der Waals surface area contributed by atoms with Crippen molar-refractivity contribution < 1.29 is 9.21 Å². The summed E-state index contributed by atoms with van der Waals surface area (Å²) >= 11 is 6.14. The van der Waals surface area contributed by atoms with Gasteiger partial charge in [-0.15, -0.1) is 0 Å². The molecule has 5 heteroatoms. The first-order valence-electron chi connectivity index (χ1n) is 5.40. The molecule has 0 N–H and O–H groups in total. The van der Waals surface area contributed by atoms with Crippen LogP contribution in [-0.2, 0) is 13.0 Å². The number of furan rings is 1. The number of halogens is 1. The second kappa shape index (κ2) is 4.75. The predicted octanol–water partition coefficient (Wildman–Crippen LogP) is 2.88.